The van der Waals surface area contributed by atoms with E-state index in [1.165, 1.54) is 19.3 Å². The van der Waals surface area contributed by atoms with Gasteiger partial charge in [-0.25, -0.2) is 4.98 Å². The number of benzene rings is 1. The van der Waals surface area contributed by atoms with Crippen LogP contribution in [0.1, 0.15) is 46.0 Å². The largest absolute Gasteiger partial charge is 0.488 e. The zero-order chi connectivity index (χ0) is 18.6. The maximum atomic E-state index is 6.49. The Morgan fingerprint density at radius 3 is 2.56 bits per heavy atom. The minimum absolute atomic E-state index is 0.290. The fourth-order valence-corrected chi connectivity index (χ4v) is 4.45. The van der Waals surface area contributed by atoms with Gasteiger partial charge >= 0.3 is 0 Å². The maximum absolute atomic E-state index is 6.49. The highest BCUT2D eigenvalue weighted by molar-refractivity contribution is 5.85. The van der Waals surface area contributed by atoms with Gasteiger partial charge < -0.3 is 14.4 Å². The minimum atomic E-state index is 0.290. The zero-order valence-corrected chi connectivity index (χ0v) is 16.6. The van der Waals surface area contributed by atoms with Crippen molar-refractivity contribution in [2.75, 3.05) is 31.2 Å². The monoisotopic (exact) mass is 369 g/mol. The van der Waals surface area contributed by atoms with Gasteiger partial charge in [-0.3, -0.25) is 4.98 Å². The number of fused-ring (bicyclic) bond motifs is 1. The number of aromatic nitrogens is 2. The van der Waals surface area contributed by atoms with Gasteiger partial charge in [0, 0.05) is 37.2 Å². The van der Waals surface area contributed by atoms with Crippen molar-refractivity contribution in [2.24, 2.45) is 11.8 Å². The zero-order valence-electron chi connectivity index (χ0n) is 16.6. The van der Waals surface area contributed by atoms with E-state index in [0.29, 0.717) is 6.10 Å². The molecule has 1 aromatic carbocycles. The molecule has 0 spiro atoms. The van der Waals surface area contributed by atoms with Crippen molar-refractivity contribution in [3.63, 3.8) is 0 Å². The summed E-state index contributed by atoms with van der Waals surface area (Å²) in [5.74, 6) is 2.53. The number of rotatable bonds is 5. The van der Waals surface area contributed by atoms with Gasteiger partial charge in [0.2, 0.25) is 0 Å². The molecular formula is C22H31N3O2. The van der Waals surface area contributed by atoms with Crippen molar-refractivity contribution in [3.05, 3.63) is 24.5 Å². The first-order chi connectivity index (χ1) is 13.2. The molecule has 1 aromatic heterocycles. The molecule has 2 heterocycles. The predicted molar refractivity (Wildman–Crippen MR) is 108 cm³/mol. The van der Waals surface area contributed by atoms with Crippen LogP contribution in [0.4, 0.5) is 5.69 Å². The highest BCUT2D eigenvalue weighted by Crippen LogP contribution is 2.35. The third kappa shape index (κ3) is 4.52. The molecule has 146 valence electrons. The molecule has 4 rings (SSSR count). The van der Waals surface area contributed by atoms with Crippen molar-refractivity contribution in [2.45, 2.75) is 52.1 Å². The summed E-state index contributed by atoms with van der Waals surface area (Å²) < 4.78 is 12.0. The topological polar surface area (TPSA) is 47.5 Å². The number of nitrogens with zero attached hydrogens (tertiary/aromatic N) is 3. The lowest BCUT2D eigenvalue weighted by Crippen LogP contribution is -2.36. The second-order valence-electron chi connectivity index (χ2n) is 8.36. The lowest BCUT2D eigenvalue weighted by molar-refractivity contribution is 0.121. The van der Waals surface area contributed by atoms with Crippen LogP contribution in [-0.2, 0) is 4.74 Å². The van der Waals surface area contributed by atoms with Crippen molar-refractivity contribution in [1.29, 1.82) is 0 Å². The van der Waals surface area contributed by atoms with E-state index in [4.69, 9.17) is 9.47 Å². The van der Waals surface area contributed by atoms with E-state index in [1.807, 2.05) is 0 Å². The number of hydrogen-bond donors (Lipinski definition) is 0. The second kappa shape index (κ2) is 8.42. The minimum Gasteiger partial charge on any atom is -0.488 e. The summed E-state index contributed by atoms with van der Waals surface area (Å²) in [6, 6.07) is 4.28. The van der Waals surface area contributed by atoms with Crippen LogP contribution in [0, 0.1) is 11.8 Å². The molecule has 1 aliphatic carbocycles. The van der Waals surface area contributed by atoms with E-state index >= 15 is 0 Å². The Morgan fingerprint density at radius 2 is 1.81 bits per heavy atom. The molecule has 0 radical (unpaired) electrons. The Hall–Kier alpha value is -1.88. The highest BCUT2D eigenvalue weighted by Gasteiger charge is 2.24. The Morgan fingerprint density at radius 1 is 1.07 bits per heavy atom. The normalized spacial score (nSPS) is 23.7. The van der Waals surface area contributed by atoms with Crippen molar-refractivity contribution in [1.82, 2.24) is 9.97 Å². The molecule has 1 saturated carbocycles. The summed E-state index contributed by atoms with van der Waals surface area (Å²) in [7, 11) is 0. The van der Waals surface area contributed by atoms with Gasteiger partial charge in [0.15, 0.2) is 0 Å². The van der Waals surface area contributed by atoms with Gasteiger partial charge in [-0.15, -0.1) is 0 Å². The molecule has 2 fully saturated rings. The van der Waals surface area contributed by atoms with Gasteiger partial charge in [0.1, 0.15) is 11.3 Å². The fraction of sp³-hybridized carbons (Fsp3) is 0.636. The molecule has 2 aromatic rings. The molecule has 0 unspecified atom stereocenters. The molecule has 1 saturated heterocycles. The Kier molecular flexibility index (Phi) is 5.77. The maximum Gasteiger partial charge on any atom is 0.149 e. The number of hydrogen-bond acceptors (Lipinski definition) is 5. The molecule has 5 heteroatoms. The Labute approximate surface area is 162 Å². The first kappa shape index (κ1) is 18.5. The van der Waals surface area contributed by atoms with Crippen LogP contribution >= 0.6 is 0 Å². The van der Waals surface area contributed by atoms with Crippen LogP contribution < -0.4 is 9.64 Å². The van der Waals surface area contributed by atoms with Crippen molar-refractivity contribution >= 4 is 16.7 Å². The molecule has 0 bridgehead atoms. The van der Waals surface area contributed by atoms with Gasteiger partial charge in [0.25, 0.3) is 0 Å². The molecule has 0 atom stereocenters. The van der Waals surface area contributed by atoms with Crippen LogP contribution in [0.2, 0.25) is 0 Å². The summed E-state index contributed by atoms with van der Waals surface area (Å²) in [4.78, 5) is 11.4. The van der Waals surface area contributed by atoms with E-state index in [2.05, 4.69) is 40.8 Å². The summed E-state index contributed by atoms with van der Waals surface area (Å²) in [5.41, 5.74) is 2.94. The van der Waals surface area contributed by atoms with Gasteiger partial charge in [0.05, 0.1) is 24.8 Å². The molecule has 2 aliphatic rings. The first-order valence-electron chi connectivity index (χ1n) is 10.4. The van der Waals surface area contributed by atoms with E-state index in [0.717, 1.165) is 73.5 Å². The first-order valence-corrected chi connectivity index (χ1v) is 10.4. The van der Waals surface area contributed by atoms with Crippen molar-refractivity contribution in [3.8, 4) is 5.75 Å². The highest BCUT2D eigenvalue weighted by atomic mass is 16.5. The van der Waals surface area contributed by atoms with Crippen LogP contribution in [0.5, 0.6) is 5.75 Å². The lowest BCUT2D eigenvalue weighted by Gasteiger charge is -2.31. The quantitative estimate of drug-likeness (QED) is 0.779. The molecule has 5 nitrogen and oxygen atoms in total. The predicted octanol–water partition coefficient (Wildman–Crippen LogP) is 4.45. The molecule has 0 N–H and O–H groups in total. The summed E-state index contributed by atoms with van der Waals surface area (Å²) in [6.07, 6.45) is 9.97. The molecular weight excluding hydrogens is 338 g/mol. The van der Waals surface area contributed by atoms with Crippen molar-refractivity contribution < 1.29 is 9.47 Å². The van der Waals surface area contributed by atoms with Gasteiger partial charge in [-0.05, 0) is 50.0 Å². The fourth-order valence-electron chi connectivity index (χ4n) is 4.45. The second-order valence-corrected chi connectivity index (χ2v) is 8.36. The number of anilines is 1. The summed E-state index contributed by atoms with van der Waals surface area (Å²) in [6.45, 7) is 8.01. The standard InChI is InChI=1S/C22H31N3O2/c1-16(2)13-17-3-5-19(6-4-17)27-21-15-18(25-9-11-26-12-10-25)14-20-22(21)24-8-7-23-20/h7-8,14-17,19H,3-6,9-13H2,1-2H3. The summed E-state index contributed by atoms with van der Waals surface area (Å²) in [5, 5.41) is 0. The van der Waals surface area contributed by atoms with E-state index in [9.17, 15) is 0 Å². The average Bonchev–Trinajstić information content (AvgIpc) is 2.70. The van der Waals surface area contributed by atoms with Crippen LogP contribution in [0.15, 0.2) is 24.5 Å². The van der Waals surface area contributed by atoms with E-state index in [-0.39, 0.29) is 0 Å². The van der Waals surface area contributed by atoms with Gasteiger partial charge in [-0.1, -0.05) is 13.8 Å². The smallest absolute Gasteiger partial charge is 0.149 e. The van der Waals surface area contributed by atoms with Crippen LogP contribution in [0.3, 0.4) is 0 Å². The van der Waals surface area contributed by atoms with Gasteiger partial charge in [-0.2, -0.15) is 0 Å². The molecule has 27 heavy (non-hydrogen) atoms. The number of ether oxygens (including phenoxy) is 2. The van der Waals surface area contributed by atoms with E-state index < -0.39 is 0 Å². The average molecular weight is 370 g/mol. The van der Waals surface area contributed by atoms with E-state index in [1.54, 1.807) is 12.4 Å². The summed E-state index contributed by atoms with van der Waals surface area (Å²) >= 11 is 0. The lowest BCUT2D eigenvalue weighted by atomic mass is 9.82. The third-order valence-electron chi connectivity index (χ3n) is 5.79. The molecule has 0 amide bonds. The van der Waals surface area contributed by atoms with Crippen LogP contribution in [0.25, 0.3) is 11.0 Å². The Balaban J connectivity index is 1.52. The molecule has 1 aliphatic heterocycles. The SMILES string of the molecule is CC(C)CC1CCC(Oc2cc(N3CCOCC3)cc3nccnc23)CC1. The van der Waals surface area contributed by atoms with Crippen LogP contribution in [-0.4, -0.2) is 42.4 Å². The third-order valence-corrected chi connectivity index (χ3v) is 5.79. The number of morpholine rings is 1. The Bertz CT molecular complexity index is 750.